The molecular formula is C25H30ClN6O5+. The fourth-order valence-corrected chi connectivity index (χ4v) is 4.91. The van der Waals surface area contributed by atoms with Crippen molar-refractivity contribution in [3.05, 3.63) is 53.1 Å². The van der Waals surface area contributed by atoms with E-state index in [0.29, 0.717) is 35.8 Å². The lowest BCUT2D eigenvalue weighted by molar-refractivity contribution is -0.931. The zero-order valence-corrected chi connectivity index (χ0v) is 21.7. The molecular weight excluding hydrogens is 500 g/mol. The van der Waals surface area contributed by atoms with Gasteiger partial charge in [0.2, 0.25) is 0 Å². The van der Waals surface area contributed by atoms with E-state index in [1.54, 1.807) is 37.8 Å². The quantitative estimate of drug-likeness (QED) is 0.331. The number of rotatable bonds is 6. The number of quaternary nitrogens is 1. The van der Waals surface area contributed by atoms with Crippen LogP contribution >= 0.6 is 11.6 Å². The molecule has 4 rings (SSSR count). The number of nitrogens with zero attached hydrogens (tertiary/aromatic N) is 4. The van der Waals surface area contributed by atoms with Gasteiger partial charge in [0.15, 0.2) is 12.3 Å². The van der Waals surface area contributed by atoms with Crippen LogP contribution in [0.15, 0.2) is 36.8 Å². The number of hydrogen-bond donors (Lipinski definition) is 2. The van der Waals surface area contributed by atoms with Gasteiger partial charge in [-0.05, 0) is 51.8 Å². The van der Waals surface area contributed by atoms with Crippen LogP contribution in [0, 0.1) is 0 Å². The van der Waals surface area contributed by atoms with Gasteiger partial charge in [-0.25, -0.2) is 9.59 Å². The van der Waals surface area contributed by atoms with Crippen molar-refractivity contribution >= 4 is 41.5 Å². The Morgan fingerprint density at radius 2 is 2.00 bits per heavy atom. The molecule has 11 nitrogen and oxygen atoms in total. The molecule has 2 atom stereocenters. The third-order valence-corrected chi connectivity index (χ3v) is 6.60. The van der Waals surface area contributed by atoms with E-state index in [9.17, 15) is 19.2 Å². The Morgan fingerprint density at radius 1 is 1.27 bits per heavy atom. The van der Waals surface area contributed by atoms with Gasteiger partial charge in [-0.3, -0.25) is 19.6 Å². The summed E-state index contributed by atoms with van der Waals surface area (Å²) in [5, 5.41) is 3.50. The highest BCUT2D eigenvalue weighted by atomic mass is 35.5. The van der Waals surface area contributed by atoms with Crippen LogP contribution in [0.3, 0.4) is 0 Å². The monoisotopic (exact) mass is 529 g/mol. The zero-order valence-electron chi connectivity index (χ0n) is 21.0. The molecule has 1 aromatic heterocycles. The van der Waals surface area contributed by atoms with E-state index >= 15 is 0 Å². The summed E-state index contributed by atoms with van der Waals surface area (Å²) < 4.78 is 4.44. The molecule has 2 N–H and O–H groups in total. The van der Waals surface area contributed by atoms with Crippen LogP contribution in [0.4, 0.5) is 10.5 Å². The second-order valence-corrected chi connectivity index (χ2v) is 10.7. The van der Waals surface area contributed by atoms with Gasteiger partial charge in [0.05, 0.1) is 18.3 Å². The molecule has 0 bridgehead atoms. The van der Waals surface area contributed by atoms with Crippen LogP contribution in [0.1, 0.15) is 56.1 Å². The fraction of sp³-hybridized carbons (Fsp3) is 0.440. The zero-order chi connectivity index (χ0) is 26.8. The smallest absolute Gasteiger partial charge is 0.441 e. The van der Waals surface area contributed by atoms with E-state index in [4.69, 9.17) is 16.3 Å². The molecule has 37 heavy (non-hydrogen) atoms. The van der Waals surface area contributed by atoms with E-state index in [1.165, 1.54) is 24.7 Å². The molecule has 3 heterocycles. The van der Waals surface area contributed by atoms with E-state index in [2.05, 4.69) is 20.7 Å². The third kappa shape index (κ3) is 5.28. The number of amides is 3. The summed E-state index contributed by atoms with van der Waals surface area (Å²) in [7, 11) is 0. The van der Waals surface area contributed by atoms with Gasteiger partial charge in [-0.15, -0.1) is 4.59 Å². The molecule has 1 fully saturated rings. The Hall–Kier alpha value is -3.57. The molecule has 196 valence electrons. The Kier molecular flexibility index (Phi) is 7.20. The number of likely N-dealkylation sites (tertiary alicyclic amines) is 1. The van der Waals surface area contributed by atoms with Gasteiger partial charge in [0.25, 0.3) is 5.66 Å². The lowest BCUT2D eigenvalue weighted by atomic mass is 9.88. The SMILES string of the molecule is CC(C)(C)OC(=O)N[N+](C=O)(Cc1cnccn1)C1(C(=O)N2CCCC2)CC(=O)c2ccc(Cl)cc2N1. The predicted octanol–water partition coefficient (Wildman–Crippen LogP) is 3.06. The van der Waals surface area contributed by atoms with Crippen molar-refractivity contribution in [1.82, 2.24) is 20.3 Å². The molecule has 2 unspecified atom stereocenters. The van der Waals surface area contributed by atoms with Gasteiger partial charge in [-0.1, -0.05) is 11.6 Å². The molecule has 12 heteroatoms. The van der Waals surface area contributed by atoms with Crippen LogP contribution in [-0.4, -0.2) is 68.0 Å². The second-order valence-electron chi connectivity index (χ2n) is 10.2. The number of hydrogen-bond acceptors (Lipinski definition) is 8. The highest BCUT2D eigenvalue weighted by Gasteiger charge is 2.64. The van der Waals surface area contributed by atoms with Crippen LogP contribution in [0.5, 0.6) is 0 Å². The summed E-state index contributed by atoms with van der Waals surface area (Å²) in [6.45, 7) is 5.65. The Morgan fingerprint density at radius 3 is 2.62 bits per heavy atom. The summed E-state index contributed by atoms with van der Waals surface area (Å²) in [5.74, 6) is -0.886. The van der Waals surface area contributed by atoms with Crippen molar-refractivity contribution in [2.75, 3.05) is 18.4 Å². The highest BCUT2D eigenvalue weighted by molar-refractivity contribution is 6.31. The number of nitrogens with one attached hydrogen (secondary N) is 2. The van der Waals surface area contributed by atoms with Crippen LogP contribution < -0.4 is 10.7 Å². The number of benzene rings is 1. The van der Waals surface area contributed by atoms with Gasteiger partial charge in [0, 0.05) is 36.1 Å². The minimum Gasteiger partial charge on any atom is -0.441 e. The van der Waals surface area contributed by atoms with E-state index in [-0.39, 0.29) is 18.0 Å². The molecule has 0 aliphatic carbocycles. The first-order valence-corrected chi connectivity index (χ1v) is 12.4. The molecule has 2 aliphatic heterocycles. The minimum atomic E-state index is -1.95. The second kappa shape index (κ2) is 10.1. The number of carbonyl (C=O) groups excluding carboxylic acids is 4. The molecule has 2 aromatic rings. The van der Waals surface area contributed by atoms with E-state index < -0.39 is 34.3 Å². The number of Topliss-reactive ketones (excluding diaryl/α,β-unsaturated/α-hetero) is 1. The number of aromatic nitrogens is 2. The average Bonchev–Trinajstić information content (AvgIpc) is 3.37. The topological polar surface area (TPSA) is 131 Å². The van der Waals surface area contributed by atoms with Crippen LogP contribution in [0.2, 0.25) is 5.02 Å². The van der Waals surface area contributed by atoms with Crippen molar-refractivity contribution < 1.29 is 28.5 Å². The molecule has 2 aliphatic rings. The number of carbonyl (C=O) groups is 4. The van der Waals surface area contributed by atoms with Gasteiger partial charge >= 0.3 is 18.4 Å². The molecule has 0 spiro atoms. The van der Waals surface area contributed by atoms with Crippen molar-refractivity contribution in [2.24, 2.45) is 0 Å². The number of ether oxygens (including phenoxy) is 1. The summed E-state index contributed by atoms with van der Waals surface area (Å²) in [4.78, 5) is 64.0. The van der Waals surface area contributed by atoms with Crippen molar-refractivity contribution in [3.8, 4) is 0 Å². The normalized spacial score (nSPS) is 20.9. The average molecular weight is 530 g/mol. The van der Waals surface area contributed by atoms with Gasteiger partial charge in [0.1, 0.15) is 11.3 Å². The maximum atomic E-state index is 14.3. The van der Waals surface area contributed by atoms with Crippen LogP contribution in [0.25, 0.3) is 0 Å². The minimum absolute atomic E-state index is 0.283. The molecule has 3 amide bonds. The molecule has 1 saturated heterocycles. The van der Waals surface area contributed by atoms with Crippen LogP contribution in [-0.2, 0) is 20.9 Å². The van der Waals surface area contributed by atoms with Crippen molar-refractivity contribution in [2.45, 2.75) is 57.8 Å². The summed E-state index contributed by atoms with van der Waals surface area (Å²) in [6.07, 6.45) is 4.97. The lowest BCUT2D eigenvalue weighted by Gasteiger charge is -2.49. The number of ketones is 1. The first-order valence-electron chi connectivity index (χ1n) is 12.0. The predicted molar refractivity (Wildman–Crippen MR) is 134 cm³/mol. The first-order chi connectivity index (χ1) is 17.5. The van der Waals surface area contributed by atoms with E-state index in [0.717, 1.165) is 12.8 Å². The highest BCUT2D eigenvalue weighted by Crippen LogP contribution is 2.40. The van der Waals surface area contributed by atoms with Gasteiger partial charge in [-0.2, -0.15) is 5.43 Å². The van der Waals surface area contributed by atoms with Gasteiger partial charge < -0.3 is 15.0 Å². The lowest BCUT2D eigenvalue weighted by Crippen LogP contribution is -2.80. The molecule has 0 saturated carbocycles. The maximum Gasteiger partial charge on any atom is 0.452 e. The Bertz CT molecular complexity index is 1210. The molecule has 0 radical (unpaired) electrons. The first kappa shape index (κ1) is 26.5. The van der Waals surface area contributed by atoms with Crippen molar-refractivity contribution in [3.63, 3.8) is 0 Å². The summed E-state index contributed by atoms with van der Waals surface area (Å²) >= 11 is 6.23. The Labute approximate surface area is 219 Å². The number of halogens is 1. The molecule has 1 aromatic carbocycles. The largest absolute Gasteiger partial charge is 0.452 e. The summed E-state index contributed by atoms with van der Waals surface area (Å²) in [6, 6.07) is 4.67. The number of anilines is 1. The summed E-state index contributed by atoms with van der Waals surface area (Å²) in [5.41, 5.74) is 0.693. The number of fused-ring (bicyclic) bond motifs is 1. The third-order valence-electron chi connectivity index (χ3n) is 6.37. The Balaban J connectivity index is 1.92. The standard InChI is InChI=1S/C25H29ClN6O5/c1-24(2,3)37-23(36)30-32(16-33,15-18-14-27-8-9-28-18)25(22(35)31-10-4-5-11-31)13-21(34)19-7-6-17(26)12-20(19)29-25/h6-9,12,14,16H,4-5,10-11,13,15H2,1-3H3,(H-,29,30,34,36)/p+1. The maximum absolute atomic E-state index is 14.3. The van der Waals surface area contributed by atoms with Crippen molar-refractivity contribution in [1.29, 1.82) is 0 Å². The van der Waals surface area contributed by atoms with E-state index in [1.807, 2.05) is 0 Å². The fourth-order valence-electron chi connectivity index (χ4n) is 4.73.